The fraction of sp³-hybridized carbons (Fsp3) is 0.455. The summed E-state index contributed by atoms with van der Waals surface area (Å²) in [5.41, 5.74) is 3.02. The van der Waals surface area contributed by atoms with Gasteiger partial charge in [0, 0.05) is 19.2 Å². The molecular formula is C11H14ClN5O3. The molecular weight excluding hydrogens is 286 g/mol. The highest BCUT2D eigenvalue weighted by molar-refractivity contribution is 6.29. The van der Waals surface area contributed by atoms with Crippen LogP contribution in [-0.2, 0) is 11.2 Å². The molecule has 0 bridgehead atoms. The molecule has 1 aliphatic heterocycles. The fourth-order valence-electron chi connectivity index (χ4n) is 1.93. The van der Waals surface area contributed by atoms with Gasteiger partial charge >= 0.3 is 0 Å². The number of rotatable bonds is 4. The smallest absolute Gasteiger partial charge is 0.261 e. The average molecular weight is 300 g/mol. The molecule has 1 atom stereocenters. The van der Waals surface area contributed by atoms with E-state index >= 15 is 0 Å². The van der Waals surface area contributed by atoms with Crippen LogP contribution in [0.1, 0.15) is 12.5 Å². The monoisotopic (exact) mass is 299 g/mol. The van der Waals surface area contributed by atoms with Crippen LogP contribution in [0, 0.1) is 10.1 Å². The van der Waals surface area contributed by atoms with Crippen molar-refractivity contribution in [2.45, 2.75) is 19.6 Å². The minimum Gasteiger partial charge on any atom is -0.336 e. The number of halogens is 1. The number of nitro groups is 1. The lowest BCUT2D eigenvalue weighted by Crippen LogP contribution is -2.53. The minimum atomic E-state index is -0.631. The second kappa shape index (κ2) is 6.49. The first kappa shape index (κ1) is 14.5. The summed E-state index contributed by atoms with van der Waals surface area (Å²) in [6.45, 7) is 2.49. The molecule has 0 aliphatic carbocycles. The number of nitrogens with zero attached hydrogens (tertiary/aromatic N) is 4. The molecule has 2 rings (SSSR count). The first-order chi connectivity index (χ1) is 9.60. The number of hydrazine groups is 1. The zero-order valence-electron chi connectivity index (χ0n) is 10.8. The predicted molar refractivity (Wildman–Crippen MR) is 72.6 cm³/mol. The van der Waals surface area contributed by atoms with E-state index in [1.165, 1.54) is 0 Å². The van der Waals surface area contributed by atoms with Gasteiger partial charge in [-0.05, 0) is 18.6 Å². The number of aliphatic imine (C=N–C) groups is 1. The van der Waals surface area contributed by atoms with Gasteiger partial charge in [-0.25, -0.2) is 20.1 Å². The SMILES string of the molecule is CCN1C(N[N+](=O)[O-])=NCOC1Cc1ccc(Cl)nc1. The van der Waals surface area contributed by atoms with Crippen molar-refractivity contribution in [3.05, 3.63) is 39.2 Å². The number of hydrogen-bond donors (Lipinski definition) is 1. The zero-order valence-corrected chi connectivity index (χ0v) is 11.6. The quantitative estimate of drug-likeness (QED) is 0.507. The van der Waals surface area contributed by atoms with Crippen LogP contribution in [0.5, 0.6) is 0 Å². The molecule has 0 radical (unpaired) electrons. The van der Waals surface area contributed by atoms with E-state index in [-0.39, 0.29) is 18.9 Å². The molecule has 9 heteroatoms. The van der Waals surface area contributed by atoms with Gasteiger partial charge in [0.15, 0.2) is 5.03 Å². The molecule has 0 spiro atoms. The van der Waals surface area contributed by atoms with Crippen molar-refractivity contribution in [2.24, 2.45) is 4.99 Å². The highest BCUT2D eigenvalue weighted by Gasteiger charge is 2.27. The maximum atomic E-state index is 10.6. The van der Waals surface area contributed by atoms with Crippen molar-refractivity contribution in [1.82, 2.24) is 15.3 Å². The molecule has 8 nitrogen and oxygen atoms in total. The molecule has 0 fully saturated rings. The van der Waals surface area contributed by atoms with E-state index in [2.05, 4.69) is 15.4 Å². The summed E-state index contributed by atoms with van der Waals surface area (Å²) >= 11 is 5.73. The Balaban J connectivity index is 2.09. The van der Waals surface area contributed by atoms with Crippen molar-refractivity contribution < 1.29 is 9.77 Å². The largest absolute Gasteiger partial charge is 0.336 e. The highest BCUT2D eigenvalue weighted by atomic mass is 35.5. The van der Waals surface area contributed by atoms with E-state index in [1.54, 1.807) is 17.2 Å². The van der Waals surface area contributed by atoms with E-state index in [0.717, 1.165) is 5.56 Å². The number of ether oxygens (including phenoxy) is 1. The van der Waals surface area contributed by atoms with Crippen LogP contribution in [0.3, 0.4) is 0 Å². The van der Waals surface area contributed by atoms with Crippen LogP contribution >= 0.6 is 11.6 Å². The van der Waals surface area contributed by atoms with Gasteiger partial charge in [-0.1, -0.05) is 23.1 Å². The molecule has 1 aromatic heterocycles. The predicted octanol–water partition coefficient (Wildman–Crippen LogP) is 1.05. The van der Waals surface area contributed by atoms with E-state index in [1.807, 2.05) is 13.0 Å². The molecule has 1 N–H and O–H groups in total. The van der Waals surface area contributed by atoms with Gasteiger partial charge < -0.3 is 9.64 Å². The number of guanidine groups is 1. The third-order valence-corrected chi connectivity index (χ3v) is 3.06. The Morgan fingerprint density at radius 3 is 3.05 bits per heavy atom. The van der Waals surface area contributed by atoms with Crippen LogP contribution < -0.4 is 5.43 Å². The molecule has 2 heterocycles. The standard InChI is InChI=1S/C11H14ClN5O3/c1-2-16-10(5-8-3-4-9(12)13-6-8)20-7-14-11(16)15-17(18)19/h3-4,6,10H,2,5,7H2,1H3,(H,14,15). The van der Waals surface area contributed by atoms with Crippen molar-refractivity contribution >= 4 is 17.6 Å². The molecule has 0 aromatic carbocycles. The van der Waals surface area contributed by atoms with E-state index < -0.39 is 5.03 Å². The van der Waals surface area contributed by atoms with E-state index in [4.69, 9.17) is 16.3 Å². The lowest BCUT2D eigenvalue weighted by Gasteiger charge is -2.34. The summed E-state index contributed by atoms with van der Waals surface area (Å²) in [5, 5.41) is 10.3. The first-order valence-corrected chi connectivity index (χ1v) is 6.42. The Morgan fingerprint density at radius 1 is 1.65 bits per heavy atom. The van der Waals surface area contributed by atoms with E-state index in [9.17, 15) is 10.1 Å². The number of likely N-dealkylation sites (N-methyl/N-ethyl adjacent to an activating group) is 1. The topological polar surface area (TPSA) is 92.9 Å². The Morgan fingerprint density at radius 2 is 2.45 bits per heavy atom. The van der Waals surface area contributed by atoms with Gasteiger partial charge in [-0.3, -0.25) is 0 Å². The molecule has 0 amide bonds. The van der Waals surface area contributed by atoms with Gasteiger partial charge in [0.25, 0.3) is 5.96 Å². The lowest BCUT2D eigenvalue weighted by atomic mass is 10.2. The van der Waals surface area contributed by atoms with Gasteiger partial charge in [0.1, 0.15) is 18.1 Å². The van der Waals surface area contributed by atoms with Crippen LogP contribution in [-0.4, -0.2) is 40.4 Å². The lowest BCUT2D eigenvalue weighted by molar-refractivity contribution is -0.527. The Hall–Kier alpha value is -1.93. The molecule has 1 unspecified atom stereocenters. The summed E-state index contributed by atoms with van der Waals surface area (Å²) in [5.74, 6) is 0.204. The second-order valence-corrected chi connectivity index (χ2v) is 4.47. The molecule has 1 aromatic rings. The van der Waals surface area contributed by atoms with Crippen molar-refractivity contribution in [3.8, 4) is 0 Å². The number of aromatic nitrogens is 1. The third kappa shape index (κ3) is 3.55. The van der Waals surface area contributed by atoms with E-state index in [0.29, 0.717) is 18.1 Å². The Bertz CT molecular complexity index is 507. The maximum absolute atomic E-state index is 10.6. The highest BCUT2D eigenvalue weighted by Crippen LogP contribution is 2.15. The van der Waals surface area contributed by atoms with Crippen LogP contribution in [0.15, 0.2) is 23.3 Å². The summed E-state index contributed by atoms with van der Waals surface area (Å²) in [6.07, 6.45) is 1.87. The van der Waals surface area contributed by atoms with Crippen LogP contribution in [0.25, 0.3) is 0 Å². The van der Waals surface area contributed by atoms with Gasteiger partial charge in [-0.15, -0.1) is 0 Å². The first-order valence-electron chi connectivity index (χ1n) is 6.04. The summed E-state index contributed by atoms with van der Waals surface area (Å²) in [6, 6.07) is 3.54. The summed E-state index contributed by atoms with van der Waals surface area (Å²) < 4.78 is 5.54. The summed E-state index contributed by atoms with van der Waals surface area (Å²) in [4.78, 5) is 20.2. The fourth-order valence-corrected chi connectivity index (χ4v) is 2.05. The molecule has 0 saturated heterocycles. The average Bonchev–Trinajstić information content (AvgIpc) is 2.41. The van der Waals surface area contributed by atoms with Crippen molar-refractivity contribution in [3.63, 3.8) is 0 Å². The number of nitrogens with one attached hydrogen (secondary N) is 1. The van der Waals surface area contributed by atoms with Crippen LogP contribution in [0.4, 0.5) is 0 Å². The zero-order chi connectivity index (χ0) is 14.5. The van der Waals surface area contributed by atoms with Gasteiger partial charge in [-0.2, -0.15) is 0 Å². The van der Waals surface area contributed by atoms with Crippen LogP contribution in [0.2, 0.25) is 5.15 Å². The number of hydrogen-bond acceptors (Lipinski definition) is 6. The van der Waals surface area contributed by atoms with Crippen molar-refractivity contribution in [2.75, 3.05) is 13.3 Å². The van der Waals surface area contributed by atoms with Crippen molar-refractivity contribution in [1.29, 1.82) is 0 Å². The van der Waals surface area contributed by atoms with Gasteiger partial charge in [0.2, 0.25) is 0 Å². The Kier molecular flexibility index (Phi) is 4.70. The maximum Gasteiger partial charge on any atom is 0.261 e. The summed E-state index contributed by atoms with van der Waals surface area (Å²) in [7, 11) is 0. The third-order valence-electron chi connectivity index (χ3n) is 2.83. The molecule has 0 saturated carbocycles. The molecule has 20 heavy (non-hydrogen) atoms. The molecule has 1 aliphatic rings. The molecule has 108 valence electrons. The Labute approximate surface area is 120 Å². The van der Waals surface area contributed by atoms with Gasteiger partial charge in [0.05, 0.1) is 0 Å². The second-order valence-electron chi connectivity index (χ2n) is 4.08. The minimum absolute atomic E-state index is 0.0817. The normalized spacial score (nSPS) is 18.6. The number of pyridine rings is 1.